The normalized spacial score (nSPS) is 12.3. The highest BCUT2D eigenvalue weighted by atomic mass is 32.2. The fraction of sp³-hybridized carbons (Fsp3) is 0.375. The van der Waals surface area contributed by atoms with Crippen LogP contribution in [0.1, 0.15) is 45.2 Å². The topological polar surface area (TPSA) is 105 Å². The summed E-state index contributed by atoms with van der Waals surface area (Å²) in [5, 5.41) is 2.97. The second-order valence-corrected chi connectivity index (χ2v) is 12.9. The van der Waals surface area contributed by atoms with E-state index >= 15 is 0 Å². The molecule has 0 aromatic heterocycles. The molecule has 0 aliphatic rings. The lowest BCUT2D eigenvalue weighted by Gasteiger charge is -2.34. The van der Waals surface area contributed by atoms with E-state index in [0.717, 1.165) is 15.4 Å². The number of hydrogen-bond acceptors (Lipinski definition) is 6. The van der Waals surface area contributed by atoms with Gasteiger partial charge in [0.25, 0.3) is 10.0 Å². The second-order valence-electron chi connectivity index (χ2n) is 11.1. The summed E-state index contributed by atoms with van der Waals surface area (Å²) in [6, 6.07) is 19.3. The molecule has 1 N–H and O–H groups in total. The lowest BCUT2D eigenvalue weighted by atomic mass is 10.1. The fourth-order valence-electron chi connectivity index (χ4n) is 4.41. The van der Waals surface area contributed by atoms with Gasteiger partial charge in [-0.2, -0.15) is 0 Å². The third-order valence-electron chi connectivity index (χ3n) is 6.64. The number of rotatable bonds is 12. The van der Waals surface area contributed by atoms with Crippen LogP contribution in [0.15, 0.2) is 77.7 Å². The lowest BCUT2D eigenvalue weighted by Crippen LogP contribution is -2.55. The summed E-state index contributed by atoms with van der Waals surface area (Å²) in [5.41, 5.74) is 1.44. The smallest absolute Gasteiger partial charge is 0.264 e. The first kappa shape index (κ1) is 32.5. The number of benzene rings is 3. The quantitative estimate of drug-likeness (QED) is 0.318. The Hall–Kier alpha value is -4.05. The summed E-state index contributed by atoms with van der Waals surface area (Å²) in [4.78, 5) is 29.1. The van der Waals surface area contributed by atoms with Gasteiger partial charge in [0.1, 0.15) is 24.1 Å². The third kappa shape index (κ3) is 8.25. The van der Waals surface area contributed by atoms with Gasteiger partial charge in [0, 0.05) is 12.1 Å². The predicted molar refractivity (Wildman–Crippen MR) is 164 cm³/mol. The Labute approximate surface area is 249 Å². The molecule has 0 aliphatic heterocycles. The van der Waals surface area contributed by atoms with Gasteiger partial charge in [0.15, 0.2) is 0 Å². The highest BCUT2D eigenvalue weighted by molar-refractivity contribution is 7.92. The van der Waals surface area contributed by atoms with Crippen LogP contribution in [0, 0.1) is 6.92 Å². The molecule has 0 fully saturated rings. The maximum absolute atomic E-state index is 14.2. The van der Waals surface area contributed by atoms with Crippen molar-refractivity contribution in [3.05, 3.63) is 83.9 Å². The molecule has 0 saturated carbocycles. The van der Waals surface area contributed by atoms with E-state index in [9.17, 15) is 18.0 Å². The first-order valence-electron chi connectivity index (χ1n) is 13.8. The van der Waals surface area contributed by atoms with E-state index in [2.05, 4.69) is 5.32 Å². The SMILES string of the molecule is CC[C@H](C(=O)NC(C)(C)C)N(Cc1ccc(OC)cc1)C(=O)CN(c1ccc(OC)cc1)S(=O)(=O)c1ccc(C)cc1. The molecular weight excluding hydrogens is 554 g/mol. The van der Waals surface area contributed by atoms with Crippen molar-refractivity contribution in [1.29, 1.82) is 0 Å². The van der Waals surface area contributed by atoms with Crippen LogP contribution in [0.5, 0.6) is 11.5 Å². The average Bonchev–Trinajstić information content (AvgIpc) is 2.95. The molecule has 10 heteroatoms. The number of anilines is 1. The number of sulfonamides is 1. The molecule has 1 atom stereocenters. The molecule has 3 rings (SSSR count). The van der Waals surface area contributed by atoms with Crippen molar-refractivity contribution < 1.29 is 27.5 Å². The molecule has 0 unspecified atom stereocenters. The molecular formula is C32H41N3O6S. The van der Waals surface area contributed by atoms with Crippen molar-refractivity contribution >= 4 is 27.5 Å². The first-order chi connectivity index (χ1) is 19.8. The summed E-state index contributed by atoms with van der Waals surface area (Å²) in [6.45, 7) is 8.88. The van der Waals surface area contributed by atoms with Gasteiger partial charge in [0.05, 0.1) is 24.8 Å². The molecule has 42 heavy (non-hydrogen) atoms. The molecule has 0 heterocycles. The molecule has 3 aromatic rings. The molecule has 0 spiro atoms. The van der Waals surface area contributed by atoms with Gasteiger partial charge in [-0.15, -0.1) is 0 Å². The Morgan fingerprint density at radius 1 is 0.857 bits per heavy atom. The average molecular weight is 596 g/mol. The minimum Gasteiger partial charge on any atom is -0.497 e. The number of nitrogens with zero attached hydrogens (tertiary/aromatic N) is 2. The second kappa shape index (κ2) is 13.7. The van der Waals surface area contributed by atoms with Crippen LogP contribution < -0.4 is 19.1 Å². The predicted octanol–water partition coefficient (Wildman–Crippen LogP) is 4.93. The van der Waals surface area contributed by atoms with Gasteiger partial charge in [-0.25, -0.2) is 8.42 Å². The molecule has 0 radical (unpaired) electrons. The van der Waals surface area contributed by atoms with Crippen molar-refractivity contribution in [2.45, 2.75) is 64.1 Å². The zero-order valence-electron chi connectivity index (χ0n) is 25.4. The number of amides is 2. The molecule has 0 bridgehead atoms. The van der Waals surface area contributed by atoms with E-state index < -0.39 is 34.1 Å². The van der Waals surface area contributed by atoms with Crippen molar-refractivity contribution in [3.8, 4) is 11.5 Å². The van der Waals surface area contributed by atoms with Gasteiger partial charge in [0.2, 0.25) is 11.8 Å². The number of nitrogens with one attached hydrogen (secondary N) is 1. The van der Waals surface area contributed by atoms with Crippen LogP contribution in [-0.4, -0.2) is 57.5 Å². The summed E-state index contributed by atoms with van der Waals surface area (Å²) < 4.78 is 39.5. The zero-order valence-corrected chi connectivity index (χ0v) is 26.2. The van der Waals surface area contributed by atoms with E-state index in [0.29, 0.717) is 23.6 Å². The van der Waals surface area contributed by atoms with Crippen molar-refractivity contribution in [2.75, 3.05) is 25.1 Å². The van der Waals surface area contributed by atoms with Crippen molar-refractivity contribution in [1.82, 2.24) is 10.2 Å². The number of hydrogen-bond donors (Lipinski definition) is 1. The summed E-state index contributed by atoms with van der Waals surface area (Å²) in [6.07, 6.45) is 0.330. The van der Waals surface area contributed by atoms with Gasteiger partial charge >= 0.3 is 0 Å². The van der Waals surface area contributed by atoms with E-state index in [1.165, 1.54) is 24.1 Å². The Kier molecular flexibility index (Phi) is 10.6. The minimum absolute atomic E-state index is 0.0518. The Morgan fingerprint density at radius 3 is 1.86 bits per heavy atom. The summed E-state index contributed by atoms with van der Waals surface area (Å²) >= 11 is 0. The Morgan fingerprint density at radius 2 is 1.38 bits per heavy atom. The Balaban J connectivity index is 2.07. The number of aryl methyl sites for hydroxylation is 1. The van der Waals surface area contributed by atoms with Gasteiger partial charge in [-0.05, 0) is 88.2 Å². The van der Waals surface area contributed by atoms with Crippen molar-refractivity contribution in [2.24, 2.45) is 0 Å². The molecule has 0 saturated heterocycles. The van der Waals surface area contributed by atoms with Gasteiger partial charge in [-0.1, -0.05) is 36.8 Å². The van der Waals surface area contributed by atoms with Crippen LogP contribution in [-0.2, 0) is 26.2 Å². The minimum atomic E-state index is -4.15. The third-order valence-corrected chi connectivity index (χ3v) is 8.43. The largest absolute Gasteiger partial charge is 0.497 e. The molecule has 2 amide bonds. The van der Waals surface area contributed by atoms with E-state index in [1.54, 1.807) is 55.6 Å². The Bertz CT molecular complexity index is 1450. The van der Waals surface area contributed by atoms with Crippen LogP contribution in [0.2, 0.25) is 0 Å². The first-order valence-corrected chi connectivity index (χ1v) is 15.2. The highest BCUT2D eigenvalue weighted by Crippen LogP contribution is 2.27. The maximum Gasteiger partial charge on any atom is 0.264 e. The number of carbonyl (C=O) groups is 2. The van der Waals surface area contributed by atoms with E-state index in [-0.39, 0.29) is 17.3 Å². The van der Waals surface area contributed by atoms with Crippen LogP contribution in [0.3, 0.4) is 0 Å². The van der Waals surface area contributed by atoms with Crippen LogP contribution in [0.25, 0.3) is 0 Å². The number of ether oxygens (including phenoxy) is 2. The van der Waals surface area contributed by atoms with E-state index in [4.69, 9.17) is 9.47 Å². The number of carbonyl (C=O) groups excluding carboxylic acids is 2. The fourth-order valence-corrected chi connectivity index (χ4v) is 5.83. The molecule has 0 aliphatic carbocycles. The maximum atomic E-state index is 14.2. The highest BCUT2D eigenvalue weighted by Gasteiger charge is 2.34. The van der Waals surface area contributed by atoms with Crippen molar-refractivity contribution in [3.63, 3.8) is 0 Å². The molecule has 9 nitrogen and oxygen atoms in total. The van der Waals surface area contributed by atoms with E-state index in [1.807, 2.05) is 46.8 Å². The summed E-state index contributed by atoms with van der Waals surface area (Å²) in [7, 11) is -1.07. The van der Waals surface area contributed by atoms with Crippen LogP contribution >= 0.6 is 0 Å². The zero-order chi connectivity index (χ0) is 31.1. The summed E-state index contributed by atoms with van der Waals surface area (Å²) in [5.74, 6) is 0.366. The molecule has 226 valence electrons. The van der Waals surface area contributed by atoms with Crippen LogP contribution in [0.4, 0.5) is 5.69 Å². The van der Waals surface area contributed by atoms with Gasteiger partial charge < -0.3 is 19.7 Å². The monoisotopic (exact) mass is 595 g/mol. The number of methoxy groups -OCH3 is 2. The van der Waals surface area contributed by atoms with Gasteiger partial charge in [-0.3, -0.25) is 13.9 Å². The molecule has 3 aromatic carbocycles. The lowest BCUT2D eigenvalue weighted by molar-refractivity contribution is -0.141. The standard InChI is InChI=1S/C32H41N3O6S/c1-8-29(31(37)33-32(3,4)5)34(21-24-11-15-26(40-6)16-12-24)30(36)22-35(25-13-17-27(41-7)18-14-25)42(38,39)28-19-9-23(2)10-20-28/h9-20,29H,8,21-22H2,1-7H3,(H,33,37)/t29-/m1/s1.